The van der Waals surface area contributed by atoms with Gasteiger partial charge >= 0.3 is 6.18 Å². The van der Waals surface area contributed by atoms with Gasteiger partial charge in [0.1, 0.15) is 5.75 Å². The lowest BCUT2D eigenvalue weighted by atomic mass is 10.1. The second kappa shape index (κ2) is 7.02. The highest BCUT2D eigenvalue weighted by atomic mass is 19.4. The molecular formula is C15H21F3N2O. The number of rotatable bonds is 4. The lowest BCUT2D eigenvalue weighted by molar-refractivity contribution is -0.153. The van der Waals surface area contributed by atoms with E-state index < -0.39 is 12.8 Å². The van der Waals surface area contributed by atoms with Crippen LogP contribution in [0.15, 0.2) is 24.3 Å². The molecule has 1 atom stereocenters. The summed E-state index contributed by atoms with van der Waals surface area (Å²) < 4.78 is 40.9. The van der Waals surface area contributed by atoms with E-state index in [4.69, 9.17) is 4.74 Å². The van der Waals surface area contributed by atoms with Crippen LogP contribution in [0.2, 0.25) is 0 Å². The van der Waals surface area contributed by atoms with Gasteiger partial charge in [-0.2, -0.15) is 13.2 Å². The first-order valence-electron chi connectivity index (χ1n) is 7.17. The zero-order valence-electron chi connectivity index (χ0n) is 12.1. The topological polar surface area (TPSA) is 24.5 Å². The van der Waals surface area contributed by atoms with Crippen LogP contribution < -0.4 is 10.1 Å². The molecule has 1 aromatic rings. The van der Waals surface area contributed by atoms with Crippen molar-refractivity contribution in [1.29, 1.82) is 0 Å². The predicted molar refractivity (Wildman–Crippen MR) is 76.8 cm³/mol. The second-order valence-corrected chi connectivity index (χ2v) is 5.50. The van der Waals surface area contributed by atoms with Crippen LogP contribution in [-0.4, -0.2) is 43.9 Å². The van der Waals surface area contributed by atoms with Crippen LogP contribution in [-0.2, 0) is 0 Å². The highest BCUT2D eigenvalue weighted by Gasteiger charge is 2.28. The van der Waals surface area contributed by atoms with Crippen molar-refractivity contribution < 1.29 is 17.9 Å². The average molecular weight is 302 g/mol. The van der Waals surface area contributed by atoms with Crippen LogP contribution in [0.1, 0.15) is 19.3 Å². The number of hydrogen-bond donors (Lipinski definition) is 1. The van der Waals surface area contributed by atoms with Gasteiger partial charge in [-0.15, -0.1) is 0 Å². The third-order valence-electron chi connectivity index (χ3n) is 3.58. The number of nitrogens with zero attached hydrogens (tertiary/aromatic N) is 1. The van der Waals surface area contributed by atoms with E-state index >= 15 is 0 Å². The number of hydrogen-bond acceptors (Lipinski definition) is 3. The molecule has 118 valence electrons. The summed E-state index contributed by atoms with van der Waals surface area (Å²) in [6.07, 6.45) is -0.969. The molecule has 0 spiro atoms. The van der Waals surface area contributed by atoms with Crippen molar-refractivity contribution in [3.05, 3.63) is 24.3 Å². The molecule has 1 aliphatic heterocycles. The Kier molecular flexibility index (Phi) is 5.33. The molecule has 1 heterocycles. The van der Waals surface area contributed by atoms with E-state index in [1.165, 1.54) is 0 Å². The lowest BCUT2D eigenvalue weighted by Gasteiger charge is -2.18. The Bertz CT molecular complexity index is 434. The van der Waals surface area contributed by atoms with Gasteiger partial charge in [0.25, 0.3) is 0 Å². The molecule has 0 saturated carbocycles. The first-order valence-corrected chi connectivity index (χ1v) is 7.17. The maximum atomic E-state index is 12.1. The maximum absolute atomic E-state index is 12.1. The monoisotopic (exact) mass is 302 g/mol. The fraction of sp³-hybridized carbons (Fsp3) is 0.600. The van der Waals surface area contributed by atoms with Gasteiger partial charge in [-0.3, -0.25) is 0 Å². The van der Waals surface area contributed by atoms with E-state index in [2.05, 4.69) is 17.3 Å². The lowest BCUT2D eigenvalue weighted by Crippen LogP contribution is -2.23. The van der Waals surface area contributed by atoms with Gasteiger partial charge in [0.2, 0.25) is 0 Å². The Balaban J connectivity index is 1.84. The first-order chi connectivity index (χ1) is 9.92. The first kappa shape index (κ1) is 15.9. The summed E-state index contributed by atoms with van der Waals surface area (Å²) in [7, 11) is 2.12. The Morgan fingerprint density at radius 2 is 1.90 bits per heavy atom. The Morgan fingerprint density at radius 3 is 2.57 bits per heavy atom. The summed E-state index contributed by atoms with van der Waals surface area (Å²) in [5, 5.41) is 3.44. The molecule has 6 heteroatoms. The zero-order valence-corrected chi connectivity index (χ0v) is 12.1. The van der Waals surface area contributed by atoms with Crippen molar-refractivity contribution in [3.8, 4) is 5.75 Å². The highest BCUT2D eigenvalue weighted by molar-refractivity contribution is 5.47. The van der Waals surface area contributed by atoms with Gasteiger partial charge in [0.15, 0.2) is 6.61 Å². The normalized spacial score (nSPS) is 20.9. The summed E-state index contributed by atoms with van der Waals surface area (Å²) in [5.74, 6) is 0.235. The minimum Gasteiger partial charge on any atom is -0.484 e. The van der Waals surface area contributed by atoms with E-state index in [1.54, 1.807) is 24.3 Å². The number of likely N-dealkylation sites (tertiary alicyclic amines) is 1. The van der Waals surface area contributed by atoms with Gasteiger partial charge in [0.05, 0.1) is 0 Å². The Hall–Kier alpha value is -1.43. The fourth-order valence-electron chi connectivity index (χ4n) is 2.43. The van der Waals surface area contributed by atoms with Crippen LogP contribution in [0.3, 0.4) is 0 Å². The van der Waals surface area contributed by atoms with Crippen molar-refractivity contribution in [2.75, 3.05) is 32.1 Å². The fourth-order valence-corrected chi connectivity index (χ4v) is 2.43. The molecule has 1 saturated heterocycles. The quantitative estimate of drug-likeness (QED) is 0.921. The molecule has 1 N–H and O–H groups in total. The van der Waals surface area contributed by atoms with E-state index in [0.717, 1.165) is 38.0 Å². The Morgan fingerprint density at radius 1 is 1.19 bits per heavy atom. The average Bonchev–Trinajstić information content (AvgIpc) is 2.62. The summed E-state index contributed by atoms with van der Waals surface area (Å²) >= 11 is 0. The molecule has 0 aliphatic carbocycles. The number of anilines is 1. The van der Waals surface area contributed by atoms with Crippen molar-refractivity contribution in [1.82, 2.24) is 4.90 Å². The summed E-state index contributed by atoms with van der Waals surface area (Å²) in [6.45, 7) is 0.918. The third-order valence-corrected chi connectivity index (χ3v) is 3.58. The van der Waals surface area contributed by atoms with E-state index in [1.807, 2.05) is 0 Å². The van der Waals surface area contributed by atoms with Crippen molar-refractivity contribution in [3.63, 3.8) is 0 Å². The number of halogens is 3. The molecule has 1 fully saturated rings. The minimum absolute atomic E-state index is 0.235. The molecule has 2 rings (SSSR count). The SMILES string of the molecule is CN1CCCC(Nc2ccc(OCC(F)(F)F)cc2)CC1. The van der Waals surface area contributed by atoms with E-state index in [9.17, 15) is 13.2 Å². The summed E-state index contributed by atoms with van der Waals surface area (Å²) in [4.78, 5) is 2.32. The van der Waals surface area contributed by atoms with E-state index in [0.29, 0.717) is 6.04 Å². The maximum Gasteiger partial charge on any atom is 0.422 e. The standard InChI is InChI=1S/C15H21F3N2O/c1-20-9-2-3-12(8-10-20)19-13-4-6-14(7-5-13)21-11-15(16,17)18/h4-7,12,19H,2-3,8-11H2,1H3. The third kappa shape index (κ3) is 5.83. The van der Waals surface area contributed by atoms with Gasteiger partial charge in [-0.1, -0.05) is 0 Å². The molecule has 3 nitrogen and oxygen atoms in total. The molecule has 0 radical (unpaired) electrons. The summed E-state index contributed by atoms with van der Waals surface area (Å²) in [5.41, 5.74) is 0.920. The number of ether oxygens (including phenoxy) is 1. The molecule has 1 unspecified atom stereocenters. The number of alkyl halides is 3. The molecule has 0 bridgehead atoms. The van der Waals surface area contributed by atoms with Gasteiger partial charge in [-0.25, -0.2) is 0 Å². The molecular weight excluding hydrogens is 281 g/mol. The molecule has 0 amide bonds. The van der Waals surface area contributed by atoms with Crippen LogP contribution in [0.25, 0.3) is 0 Å². The molecule has 21 heavy (non-hydrogen) atoms. The minimum atomic E-state index is -4.30. The van der Waals surface area contributed by atoms with Crippen molar-refractivity contribution >= 4 is 5.69 Å². The Labute approximate surface area is 123 Å². The van der Waals surface area contributed by atoms with Gasteiger partial charge < -0.3 is 15.0 Å². The van der Waals surface area contributed by atoms with Crippen LogP contribution in [0, 0.1) is 0 Å². The van der Waals surface area contributed by atoms with Crippen LogP contribution in [0.5, 0.6) is 5.75 Å². The van der Waals surface area contributed by atoms with Gasteiger partial charge in [0, 0.05) is 11.7 Å². The largest absolute Gasteiger partial charge is 0.484 e. The van der Waals surface area contributed by atoms with Crippen LogP contribution in [0.4, 0.5) is 18.9 Å². The van der Waals surface area contributed by atoms with E-state index in [-0.39, 0.29) is 5.75 Å². The summed E-state index contributed by atoms with van der Waals surface area (Å²) in [6, 6.07) is 7.07. The molecule has 1 aromatic carbocycles. The van der Waals surface area contributed by atoms with Crippen LogP contribution >= 0.6 is 0 Å². The zero-order chi connectivity index (χ0) is 15.3. The van der Waals surface area contributed by atoms with Crippen molar-refractivity contribution in [2.24, 2.45) is 0 Å². The van der Waals surface area contributed by atoms with Gasteiger partial charge in [-0.05, 0) is 63.7 Å². The number of nitrogens with one attached hydrogen (secondary N) is 1. The molecule has 1 aliphatic rings. The highest BCUT2D eigenvalue weighted by Crippen LogP contribution is 2.22. The number of benzene rings is 1. The molecule has 0 aromatic heterocycles. The smallest absolute Gasteiger partial charge is 0.422 e. The van der Waals surface area contributed by atoms with Crippen molar-refractivity contribution in [2.45, 2.75) is 31.5 Å². The predicted octanol–water partition coefficient (Wildman–Crippen LogP) is 3.52. The second-order valence-electron chi connectivity index (χ2n) is 5.50.